The number of alkyl halides is 3. The van der Waals surface area contributed by atoms with Gasteiger partial charge in [0.05, 0.1) is 16.3 Å². The molecule has 8 heteroatoms. The molecule has 1 saturated heterocycles. The minimum Gasteiger partial charge on any atom is -0.372 e. The van der Waals surface area contributed by atoms with Gasteiger partial charge >= 0.3 is 12.2 Å². The van der Waals surface area contributed by atoms with E-state index in [0.29, 0.717) is 5.69 Å². The molecule has 1 heterocycles. The van der Waals surface area contributed by atoms with Crippen molar-refractivity contribution in [1.82, 2.24) is 0 Å². The first-order valence-electron chi connectivity index (χ1n) is 8.13. The maximum absolute atomic E-state index is 12.8. The first kappa shape index (κ1) is 18.4. The van der Waals surface area contributed by atoms with Crippen molar-refractivity contribution >= 4 is 34.7 Å². The van der Waals surface area contributed by atoms with E-state index in [1.807, 2.05) is 12.1 Å². The van der Waals surface area contributed by atoms with Crippen LogP contribution in [0.4, 0.5) is 35.0 Å². The Labute approximate surface area is 153 Å². The van der Waals surface area contributed by atoms with E-state index >= 15 is 0 Å². The molecule has 138 valence electrons. The maximum atomic E-state index is 12.8. The molecule has 2 amide bonds. The lowest BCUT2D eigenvalue weighted by Crippen LogP contribution is -2.20. The van der Waals surface area contributed by atoms with Crippen LogP contribution in [0.5, 0.6) is 0 Å². The largest absolute Gasteiger partial charge is 0.416 e. The van der Waals surface area contributed by atoms with E-state index in [2.05, 4.69) is 15.5 Å². The average molecular weight is 384 g/mol. The molecule has 26 heavy (non-hydrogen) atoms. The summed E-state index contributed by atoms with van der Waals surface area (Å²) in [5, 5.41) is 4.96. The first-order valence-corrected chi connectivity index (χ1v) is 8.50. The van der Waals surface area contributed by atoms with E-state index in [4.69, 9.17) is 11.6 Å². The third kappa shape index (κ3) is 4.40. The predicted octanol–water partition coefficient (Wildman–Crippen LogP) is 5.60. The number of carbonyl (C=O) groups excluding carboxylic acids is 1. The number of hydrogen-bond acceptors (Lipinski definition) is 2. The molecule has 0 bridgehead atoms. The fourth-order valence-corrected chi connectivity index (χ4v) is 2.98. The van der Waals surface area contributed by atoms with Crippen molar-refractivity contribution in [2.24, 2.45) is 0 Å². The van der Waals surface area contributed by atoms with Gasteiger partial charge in [-0.25, -0.2) is 4.79 Å². The number of urea groups is 1. The molecule has 1 fully saturated rings. The lowest BCUT2D eigenvalue weighted by Gasteiger charge is -2.18. The van der Waals surface area contributed by atoms with Crippen LogP contribution in [0.25, 0.3) is 0 Å². The molecule has 0 radical (unpaired) electrons. The van der Waals surface area contributed by atoms with Gasteiger partial charge in [-0.15, -0.1) is 0 Å². The van der Waals surface area contributed by atoms with Crippen molar-refractivity contribution in [2.45, 2.75) is 19.0 Å². The Hall–Kier alpha value is -2.41. The van der Waals surface area contributed by atoms with Crippen LogP contribution < -0.4 is 15.5 Å². The summed E-state index contributed by atoms with van der Waals surface area (Å²) in [6.45, 7) is 2.03. The summed E-state index contributed by atoms with van der Waals surface area (Å²) in [6.07, 6.45) is -2.18. The fraction of sp³-hybridized carbons (Fsp3) is 0.278. The summed E-state index contributed by atoms with van der Waals surface area (Å²) in [5.74, 6) is 0. The highest BCUT2D eigenvalue weighted by atomic mass is 35.5. The van der Waals surface area contributed by atoms with Crippen molar-refractivity contribution in [3.63, 3.8) is 0 Å². The summed E-state index contributed by atoms with van der Waals surface area (Å²) in [5.41, 5.74) is 0.628. The molecule has 1 aliphatic rings. The van der Waals surface area contributed by atoms with Gasteiger partial charge in [0, 0.05) is 24.5 Å². The van der Waals surface area contributed by atoms with Gasteiger partial charge in [-0.05, 0) is 55.3 Å². The molecule has 0 saturated carbocycles. The normalized spacial score (nSPS) is 14.4. The quantitative estimate of drug-likeness (QED) is 0.724. The van der Waals surface area contributed by atoms with Crippen LogP contribution in [-0.2, 0) is 6.18 Å². The van der Waals surface area contributed by atoms with Crippen molar-refractivity contribution < 1.29 is 18.0 Å². The molecule has 2 aromatic rings. The minimum absolute atomic E-state index is 0.0255. The molecule has 0 unspecified atom stereocenters. The number of nitrogens with one attached hydrogen (secondary N) is 2. The number of rotatable bonds is 3. The summed E-state index contributed by atoms with van der Waals surface area (Å²) in [4.78, 5) is 14.3. The van der Waals surface area contributed by atoms with Gasteiger partial charge in [-0.1, -0.05) is 11.6 Å². The van der Waals surface area contributed by atoms with E-state index in [-0.39, 0.29) is 10.7 Å². The molecular formula is C18H17ClF3N3O. The molecule has 0 atom stereocenters. The number of benzene rings is 2. The predicted molar refractivity (Wildman–Crippen MR) is 97.0 cm³/mol. The van der Waals surface area contributed by atoms with Crippen molar-refractivity contribution in [2.75, 3.05) is 28.6 Å². The minimum atomic E-state index is -4.51. The van der Waals surface area contributed by atoms with E-state index in [1.54, 1.807) is 12.1 Å². The van der Waals surface area contributed by atoms with Crippen LogP contribution in [0.15, 0.2) is 42.5 Å². The lowest BCUT2D eigenvalue weighted by atomic mass is 10.2. The molecular weight excluding hydrogens is 367 g/mol. The van der Waals surface area contributed by atoms with Crippen LogP contribution in [0.3, 0.4) is 0 Å². The molecule has 0 aromatic heterocycles. The monoisotopic (exact) mass is 383 g/mol. The Balaban J connectivity index is 1.65. The highest BCUT2D eigenvalue weighted by Gasteiger charge is 2.31. The van der Waals surface area contributed by atoms with Gasteiger partial charge in [-0.3, -0.25) is 0 Å². The number of carbonyl (C=O) groups is 1. The first-order chi connectivity index (χ1) is 12.3. The highest BCUT2D eigenvalue weighted by Crippen LogP contribution is 2.33. The van der Waals surface area contributed by atoms with Gasteiger partial charge in [0.2, 0.25) is 0 Å². The zero-order valence-corrected chi connectivity index (χ0v) is 14.5. The molecule has 3 rings (SSSR count). The van der Waals surface area contributed by atoms with E-state index in [0.717, 1.165) is 37.0 Å². The van der Waals surface area contributed by atoms with Crippen LogP contribution in [0.1, 0.15) is 18.4 Å². The Kier molecular flexibility index (Phi) is 5.27. The second-order valence-corrected chi connectivity index (χ2v) is 6.42. The van der Waals surface area contributed by atoms with Crippen LogP contribution in [0.2, 0.25) is 5.02 Å². The third-order valence-electron chi connectivity index (χ3n) is 4.14. The van der Waals surface area contributed by atoms with Gasteiger partial charge in [0.15, 0.2) is 0 Å². The SMILES string of the molecule is O=C(Nc1ccc(N2CCCC2)cc1)Nc1cc(C(F)(F)F)ccc1Cl. The average Bonchev–Trinajstić information content (AvgIpc) is 3.11. The van der Waals surface area contributed by atoms with E-state index < -0.39 is 17.8 Å². The molecule has 0 spiro atoms. The Morgan fingerprint density at radius 3 is 2.27 bits per heavy atom. The third-order valence-corrected chi connectivity index (χ3v) is 4.47. The second kappa shape index (κ2) is 7.45. The van der Waals surface area contributed by atoms with Crippen LogP contribution >= 0.6 is 11.6 Å². The van der Waals surface area contributed by atoms with Gasteiger partial charge in [0.25, 0.3) is 0 Å². The topological polar surface area (TPSA) is 44.4 Å². The van der Waals surface area contributed by atoms with Crippen molar-refractivity contribution in [3.05, 3.63) is 53.1 Å². The Morgan fingerprint density at radius 1 is 1.00 bits per heavy atom. The molecule has 2 N–H and O–H groups in total. The number of hydrogen-bond donors (Lipinski definition) is 2. The number of nitrogens with zero attached hydrogens (tertiary/aromatic N) is 1. The van der Waals surface area contributed by atoms with Gasteiger partial charge in [-0.2, -0.15) is 13.2 Å². The standard InChI is InChI=1S/C18H17ClF3N3O/c19-15-8-3-12(18(20,21)22)11-16(15)24-17(26)23-13-4-6-14(7-5-13)25-9-1-2-10-25/h3-8,11H,1-2,9-10H2,(H2,23,24,26). The molecule has 0 aliphatic carbocycles. The second-order valence-electron chi connectivity index (χ2n) is 6.01. The number of anilines is 3. The Morgan fingerprint density at radius 2 is 1.65 bits per heavy atom. The number of amides is 2. The highest BCUT2D eigenvalue weighted by molar-refractivity contribution is 6.33. The van der Waals surface area contributed by atoms with E-state index in [1.165, 1.54) is 12.8 Å². The van der Waals surface area contributed by atoms with Crippen molar-refractivity contribution in [1.29, 1.82) is 0 Å². The summed E-state index contributed by atoms with van der Waals surface area (Å²) in [7, 11) is 0. The molecule has 1 aliphatic heterocycles. The zero-order valence-electron chi connectivity index (χ0n) is 13.7. The Bertz CT molecular complexity index is 787. The summed E-state index contributed by atoms with van der Waals surface area (Å²) < 4.78 is 38.3. The summed E-state index contributed by atoms with van der Waals surface area (Å²) in [6, 6.07) is 9.41. The fourth-order valence-electron chi connectivity index (χ4n) is 2.81. The van der Waals surface area contributed by atoms with Gasteiger partial charge in [0.1, 0.15) is 0 Å². The lowest BCUT2D eigenvalue weighted by molar-refractivity contribution is -0.137. The maximum Gasteiger partial charge on any atom is 0.416 e. The number of halogens is 4. The molecule has 2 aromatic carbocycles. The van der Waals surface area contributed by atoms with Crippen molar-refractivity contribution in [3.8, 4) is 0 Å². The van der Waals surface area contributed by atoms with Crippen LogP contribution in [-0.4, -0.2) is 19.1 Å². The van der Waals surface area contributed by atoms with Crippen LogP contribution in [0, 0.1) is 0 Å². The van der Waals surface area contributed by atoms with E-state index in [9.17, 15) is 18.0 Å². The summed E-state index contributed by atoms with van der Waals surface area (Å²) >= 11 is 5.87. The molecule has 4 nitrogen and oxygen atoms in total. The van der Waals surface area contributed by atoms with Gasteiger partial charge < -0.3 is 15.5 Å². The smallest absolute Gasteiger partial charge is 0.372 e. The zero-order chi connectivity index (χ0) is 18.7.